The highest BCUT2D eigenvalue weighted by molar-refractivity contribution is 5.68. The fourth-order valence-electron chi connectivity index (χ4n) is 2.68. The zero-order chi connectivity index (χ0) is 19.2. The Morgan fingerprint density at radius 3 is 2.44 bits per heavy atom. The van der Waals surface area contributed by atoms with Crippen LogP contribution in [0.2, 0.25) is 0 Å². The van der Waals surface area contributed by atoms with Crippen molar-refractivity contribution in [3.63, 3.8) is 0 Å². The third kappa shape index (κ3) is 4.44. The molecule has 0 spiro atoms. The van der Waals surface area contributed by atoms with E-state index in [1.165, 1.54) is 4.57 Å². The molecule has 27 heavy (non-hydrogen) atoms. The van der Waals surface area contributed by atoms with Crippen molar-refractivity contribution >= 4 is 5.97 Å². The number of aryl methyl sites for hydroxylation is 1. The summed E-state index contributed by atoms with van der Waals surface area (Å²) in [6.45, 7) is 3.95. The van der Waals surface area contributed by atoms with Gasteiger partial charge < -0.3 is 9.47 Å². The largest absolute Gasteiger partial charge is 0.489 e. The lowest BCUT2D eigenvalue weighted by atomic mass is 10.2. The maximum Gasteiger partial charge on any atom is 0.351 e. The first-order valence-electron chi connectivity index (χ1n) is 8.67. The van der Waals surface area contributed by atoms with Gasteiger partial charge in [0.2, 0.25) is 0 Å². The van der Waals surface area contributed by atoms with E-state index in [1.54, 1.807) is 38.1 Å². The Morgan fingerprint density at radius 2 is 1.78 bits per heavy atom. The molecule has 2 aromatic carbocycles. The highest BCUT2D eigenvalue weighted by Crippen LogP contribution is 2.16. The van der Waals surface area contributed by atoms with E-state index in [9.17, 15) is 9.59 Å². The van der Waals surface area contributed by atoms with E-state index in [1.807, 2.05) is 30.3 Å². The van der Waals surface area contributed by atoms with E-state index >= 15 is 0 Å². The molecule has 0 saturated carbocycles. The number of benzene rings is 2. The van der Waals surface area contributed by atoms with Crippen LogP contribution in [-0.2, 0) is 22.7 Å². The molecular formula is C20H21N3O4. The molecule has 0 amide bonds. The zero-order valence-corrected chi connectivity index (χ0v) is 15.3. The molecule has 1 aromatic heterocycles. The maximum absolute atomic E-state index is 12.6. The number of carbonyl (C=O) groups is 1. The molecule has 0 radical (unpaired) electrons. The van der Waals surface area contributed by atoms with Gasteiger partial charge in [-0.25, -0.2) is 14.0 Å². The van der Waals surface area contributed by atoms with Crippen LogP contribution in [-0.4, -0.2) is 26.9 Å². The lowest BCUT2D eigenvalue weighted by Crippen LogP contribution is -2.28. The van der Waals surface area contributed by atoms with Gasteiger partial charge in [-0.05, 0) is 43.7 Å². The summed E-state index contributed by atoms with van der Waals surface area (Å²) in [4.78, 5) is 24.2. The summed E-state index contributed by atoms with van der Waals surface area (Å²) < 4.78 is 13.2. The molecular weight excluding hydrogens is 346 g/mol. The van der Waals surface area contributed by atoms with E-state index in [2.05, 4.69) is 5.10 Å². The van der Waals surface area contributed by atoms with Gasteiger partial charge in [0.1, 0.15) is 24.7 Å². The van der Waals surface area contributed by atoms with Crippen LogP contribution in [0.5, 0.6) is 5.75 Å². The van der Waals surface area contributed by atoms with Gasteiger partial charge >= 0.3 is 11.7 Å². The predicted octanol–water partition coefficient (Wildman–Crippen LogP) is 2.48. The van der Waals surface area contributed by atoms with Crippen molar-refractivity contribution in [1.29, 1.82) is 0 Å². The Kier molecular flexibility index (Phi) is 5.71. The van der Waals surface area contributed by atoms with Crippen molar-refractivity contribution in [2.45, 2.75) is 27.0 Å². The van der Waals surface area contributed by atoms with Crippen LogP contribution in [0.15, 0.2) is 59.4 Å². The number of nitrogens with zero attached hydrogens (tertiary/aromatic N) is 3. The second kappa shape index (κ2) is 8.35. The average molecular weight is 367 g/mol. The fourth-order valence-corrected chi connectivity index (χ4v) is 2.68. The molecule has 0 atom stereocenters. The van der Waals surface area contributed by atoms with Gasteiger partial charge in [-0.2, -0.15) is 5.10 Å². The summed E-state index contributed by atoms with van der Waals surface area (Å²) in [5.41, 5.74) is 1.34. The Morgan fingerprint density at radius 1 is 1.07 bits per heavy atom. The molecule has 140 valence electrons. The molecule has 7 nitrogen and oxygen atoms in total. The molecule has 0 aliphatic heterocycles. The van der Waals surface area contributed by atoms with Gasteiger partial charge in [0.25, 0.3) is 0 Å². The minimum absolute atomic E-state index is 0.210. The van der Waals surface area contributed by atoms with Crippen molar-refractivity contribution in [3.05, 3.63) is 76.5 Å². The lowest BCUT2D eigenvalue weighted by Gasteiger charge is -2.08. The standard InChI is InChI=1S/C20H21N3O4/c1-3-26-19(24)13-22-20(25)23(15(2)21-22)17-9-11-18(12-10-17)27-14-16-7-5-4-6-8-16/h4-12H,3,13-14H2,1-2H3. The van der Waals surface area contributed by atoms with E-state index in [0.29, 0.717) is 23.9 Å². The molecule has 1 heterocycles. The van der Waals surface area contributed by atoms with Crippen LogP contribution >= 0.6 is 0 Å². The van der Waals surface area contributed by atoms with Crippen LogP contribution in [0.1, 0.15) is 18.3 Å². The third-order valence-corrected chi connectivity index (χ3v) is 3.93. The van der Waals surface area contributed by atoms with Gasteiger partial charge in [0, 0.05) is 0 Å². The third-order valence-electron chi connectivity index (χ3n) is 3.93. The van der Waals surface area contributed by atoms with Crippen molar-refractivity contribution in [2.24, 2.45) is 0 Å². The van der Waals surface area contributed by atoms with Crippen molar-refractivity contribution < 1.29 is 14.3 Å². The normalized spacial score (nSPS) is 10.6. The molecule has 0 aliphatic rings. The SMILES string of the molecule is CCOC(=O)Cn1nc(C)n(-c2ccc(OCc3ccccc3)cc2)c1=O. The average Bonchev–Trinajstić information content (AvgIpc) is 2.95. The van der Waals surface area contributed by atoms with Crippen LogP contribution in [0.25, 0.3) is 5.69 Å². The summed E-state index contributed by atoms with van der Waals surface area (Å²) in [5.74, 6) is 0.698. The summed E-state index contributed by atoms with van der Waals surface area (Å²) >= 11 is 0. The smallest absolute Gasteiger partial charge is 0.351 e. The topological polar surface area (TPSA) is 75.3 Å². The second-order valence-corrected chi connectivity index (χ2v) is 5.90. The van der Waals surface area contributed by atoms with Crippen molar-refractivity contribution in [1.82, 2.24) is 14.3 Å². The number of aromatic nitrogens is 3. The summed E-state index contributed by atoms with van der Waals surface area (Å²) in [5, 5.41) is 4.14. The monoisotopic (exact) mass is 367 g/mol. The van der Waals surface area contributed by atoms with Gasteiger partial charge in [-0.1, -0.05) is 30.3 Å². The molecule has 0 saturated heterocycles. The molecule has 7 heteroatoms. The lowest BCUT2D eigenvalue weighted by molar-refractivity contribution is -0.144. The van der Waals surface area contributed by atoms with Crippen LogP contribution in [0.3, 0.4) is 0 Å². The Hall–Kier alpha value is -3.35. The van der Waals surface area contributed by atoms with E-state index in [-0.39, 0.29) is 13.2 Å². The van der Waals surface area contributed by atoms with Crippen LogP contribution in [0.4, 0.5) is 0 Å². The van der Waals surface area contributed by atoms with E-state index in [0.717, 1.165) is 10.2 Å². The molecule has 3 rings (SSSR count). The molecule has 0 unspecified atom stereocenters. The first kappa shape index (κ1) is 18.4. The Balaban J connectivity index is 1.74. The Labute approximate surface area is 156 Å². The molecule has 3 aromatic rings. The number of rotatable bonds is 7. The minimum Gasteiger partial charge on any atom is -0.489 e. The predicted molar refractivity (Wildman–Crippen MR) is 100.0 cm³/mol. The highest BCUT2D eigenvalue weighted by Gasteiger charge is 2.14. The van der Waals surface area contributed by atoms with Crippen LogP contribution < -0.4 is 10.4 Å². The van der Waals surface area contributed by atoms with Crippen LogP contribution in [0, 0.1) is 6.92 Å². The highest BCUT2D eigenvalue weighted by atomic mass is 16.5. The van der Waals surface area contributed by atoms with Gasteiger partial charge in [-0.15, -0.1) is 0 Å². The van der Waals surface area contributed by atoms with Gasteiger partial charge in [-0.3, -0.25) is 4.79 Å². The first-order valence-corrected chi connectivity index (χ1v) is 8.67. The number of esters is 1. The summed E-state index contributed by atoms with van der Waals surface area (Å²) in [6.07, 6.45) is 0. The van der Waals surface area contributed by atoms with E-state index in [4.69, 9.17) is 9.47 Å². The fraction of sp³-hybridized carbons (Fsp3) is 0.250. The molecule has 0 fully saturated rings. The molecule has 0 bridgehead atoms. The van der Waals surface area contributed by atoms with Gasteiger partial charge in [0.05, 0.1) is 12.3 Å². The Bertz CT molecular complexity index is 959. The number of ether oxygens (including phenoxy) is 2. The number of hydrogen-bond acceptors (Lipinski definition) is 5. The number of hydrogen-bond donors (Lipinski definition) is 0. The molecule has 0 aliphatic carbocycles. The second-order valence-electron chi connectivity index (χ2n) is 5.90. The maximum atomic E-state index is 12.6. The number of carbonyl (C=O) groups excluding carboxylic acids is 1. The summed E-state index contributed by atoms with van der Waals surface area (Å²) in [6, 6.07) is 17.0. The zero-order valence-electron chi connectivity index (χ0n) is 15.3. The minimum atomic E-state index is -0.492. The quantitative estimate of drug-likeness (QED) is 0.600. The first-order chi connectivity index (χ1) is 13.1. The van der Waals surface area contributed by atoms with Gasteiger partial charge in [0.15, 0.2) is 0 Å². The summed E-state index contributed by atoms with van der Waals surface area (Å²) in [7, 11) is 0. The van der Waals surface area contributed by atoms with E-state index < -0.39 is 11.7 Å². The molecule has 0 N–H and O–H groups in total. The van der Waals surface area contributed by atoms with Crippen molar-refractivity contribution in [2.75, 3.05) is 6.61 Å². The van der Waals surface area contributed by atoms with Crippen molar-refractivity contribution in [3.8, 4) is 11.4 Å².